The number of rotatable bonds is 4. The summed E-state index contributed by atoms with van der Waals surface area (Å²) in [5, 5.41) is 10.6. The summed E-state index contributed by atoms with van der Waals surface area (Å²) in [7, 11) is 0. The van der Waals surface area contributed by atoms with E-state index in [0.717, 1.165) is 16.9 Å². The van der Waals surface area contributed by atoms with Gasteiger partial charge in [0.1, 0.15) is 12.4 Å². The molecule has 0 unspecified atom stereocenters. The quantitative estimate of drug-likeness (QED) is 0.745. The molecule has 0 bridgehead atoms. The fourth-order valence-corrected chi connectivity index (χ4v) is 1.34. The standard InChI is InChI=1S/C11H15NO3/c1-8-4-3-5-9(2)10(8)15-7-6-12-11(13)14/h3-5,12H,6-7H2,1-2H3,(H,13,14). The first-order valence-corrected chi connectivity index (χ1v) is 4.77. The lowest BCUT2D eigenvalue weighted by Crippen LogP contribution is -2.26. The average Bonchev–Trinajstić information content (AvgIpc) is 2.15. The molecule has 0 aromatic heterocycles. The largest absolute Gasteiger partial charge is 0.491 e. The van der Waals surface area contributed by atoms with Crippen molar-refractivity contribution >= 4 is 6.09 Å². The van der Waals surface area contributed by atoms with E-state index in [1.807, 2.05) is 32.0 Å². The van der Waals surface area contributed by atoms with Crippen molar-refractivity contribution in [3.63, 3.8) is 0 Å². The third-order valence-electron chi connectivity index (χ3n) is 2.03. The normalized spacial score (nSPS) is 9.73. The summed E-state index contributed by atoms with van der Waals surface area (Å²) < 4.78 is 5.49. The smallest absolute Gasteiger partial charge is 0.404 e. The van der Waals surface area contributed by atoms with Gasteiger partial charge in [-0.15, -0.1) is 0 Å². The van der Waals surface area contributed by atoms with Gasteiger partial charge in [0.15, 0.2) is 0 Å². The SMILES string of the molecule is Cc1cccc(C)c1OCCNC(=O)O. The van der Waals surface area contributed by atoms with Gasteiger partial charge < -0.3 is 15.2 Å². The lowest BCUT2D eigenvalue weighted by Gasteiger charge is -2.11. The Kier molecular flexibility index (Phi) is 3.97. The van der Waals surface area contributed by atoms with Gasteiger partial charge in [0, 0.05) is 0 Å². The van der Waals surface area contributed by atoms with Crippen LogP contribution >= 0.6 is 0 Å². The molecule has 0 aliphatic heterocycles. The van der Waals surface area contributed by atoms with Crippen LogP contribution in [0, 0.1) is 13.8 Å². The van der Waals surface area contributed by atoms with Crippen molar-refractivity contribution in [2.75, 3.05) is 13.2 Å². The molecule has 0 aliphatic carbocycles. The summed E-state index contributed by atoms with van der Waals surface area (Å²) in [5.41, 5.74) is 2.12. The summed E-state index contributed by atoms with van der Waals surface area (Å²) in [6, 6.07) is 5.90. The number of aryl methyl sites for hydroxylation is 2. The summed E-state index contributed by atoms with van der Waals surface area (Å²) in [4.78, 5) is 10.2. The maximum Gasteiger partial charge on any atom is 0.404 e. The Bertz CT molecular complexity index is 329. The van der Waals surface area contributed by atoms with E-state index in [-0.39, 0.29) is 0 Å². The van der Waals surface area contributed by atoms with Gasteiger partial charge in [0.2, 0.25) is 0 Å². The summed E-state index contributed by atoms with van der Waals surface area (Å²) in [6.07, 6.45) is -1.03. The Morgan fingerprint density at radius 2 is 2.00 bits per heavy atom. The van der Waals surface area contributed by atoms with Crippen LogP contribution in [0.4, 0.5) is 4.79 Å². The lowest BCUT2D eigenvalue weighted by molar-refractivity contribution is 0.191. The molecule has 4 heteroatoms. The maximum atomic E-state index is 10.2. The number of hydrogen-bond acceptors (Lipinski definition) is 2. The van der Waals surface area contributed by atoms with Crippen molar-refractivity contribution < 1.29 is 14.6 Å². The predicted molar refractivity (Wildman–Crippen MR) is 57.4 cm³/mol. The Hall–Kier alpha value is -1.71. The fourth-order valence-electron chi connectivity index (χ4n) is 1.34. The minimum Gasteiger partial charge on any atom is -0.491 e. The molecule has 0 saturated heterocycles. The highest BCUT2D eigenvalue weighted by molar-refractivity contribution is 5.64. The third kappa shape index (κ3) is 3.50. The Morgan fingerprint density at radius 3 is 2.53 bits per heavy atom. The molecule has 82 valence electrons. The van der Waals surface area contributed by atoms with Gasteiger partial charge in [-0.1, -0.05) is 18.2 Å². The number of carbonyl (C=O) groups is 1. The molecule has 0 spiro atoms. The van der Waals surface area contributed by atoms with E-state index in [1.54, 1.807) is 0 Å². The summed E-state index contributed by atoms with van der Waals surface area (Å²) in [5.74, 6) is 0.838. The lowest BCUT2D eigenvalue weighted by atomic mass is 10.1. The van der Waals surface area contributed by atoms with Crippen LogP contribution in [0.25, 0.3) is 0 Å². The molecule has 0 heterocycles. The van der Waals surface area contributed by atoms with Gasteiger partial charge in [0.05, 0.1) is 6.54 Å². The predicted octanol–water partition coefficient (Wildman–Crippen LogP) is 1.95. The minimum absolute atomic E-state index is 0.295. The van der Waals surface area contributed by atoms with Crippen molar-refractivity contribution in [1.29, 1.82) is 0 Å². The topological polar surface area (TPSA) is 58.6 Å². The van der Waals surface area contributed by atoms with Crippen LogP contribution in [0.3, 0.4) is 0 Å². The van der Waals surface area contributed by atoms with Crippen LogP contribution < -0.4 is 10.1 Å². The second-order valence-electron chi connectivity index (χ2n) is 3.30. The van der Waals surface area contributed by atoms with Crippen LogP contribution in [0.5, 0.6) is 5.75 Å². The van der Waals surface area contributed by atoms with Gasteiger partial charge in [-0.05, 0) is 25.0 Å². The molecule has 0 aliphatic rings. The number of hydrogen-bond donors (Lipinski definition) is 2. The number of nitrogens with one attached hydrogen (secondary N) is 1. The van der Waals surface area contributed by atoms with Crippen LogP contribution in [0.2, 0.25) is 0 Å². The van der Waals surface area contributed by atoms with Crippen LogP contribution in [0.1, 0.15) is 11.1 Å². The average molecular weight is 209 g/mol. The first-order chi connectivity index (χ1) is 7.11. The van der Waals surface area contributed by atoms with Crippen molar-refractivity contribution in [2.24, 2.45) is 0 Å². The van der Waals surface area contributed by atoms with E-state index < -0.39 is 6.09 Å². The first kappa shape index (κ1) is 11.4. The Labute approximate surface area is 88.9 Å². The molecule has 1 amide bonds. The third-order valence-corrected chi connectivity index (χ3v) is 2.03. The zero-order chi connectivity index (χ0) is 11.3. The minimum atomic E-state index is -1.03. The second-order valence-corrected chi connectivity index (χ2v) is 3.30. The van der Waals surface area contributed by atoms with E-state index in [9.17, 15) is 4.79 Å². The van der Waals surface area contributed by atoms with Gasteiger partial charge in [-0.3, -0.25) is 0 Å². The highest BCUT2D eigenvalue weighted by atomic mass is 16.5. The highest BCUT2D eigenvalue weighted by Gasteiger charge is 2.02. The number of carboxylic acid groups (broad SMARTS) is 1. The molecule has 0 fully saturated rings. The molecular formula is C11H15NO3. The molecule has 4 nitrogen and oxygen atoms in total. The maximum absolute atomic E-state index is 10.2. The molecule has 1 rings (SSSR count). The monoisotopic (exact) mass is 209 g/mol. The molecular weight excluding hydrogens is 194 g/mol. The molecule has 15 heavy (non-hydrogen) atoms. The van der Waals surface area contributed by atoms with Gasteiger partial charge in [-0.2, -0.15) is 0 Å². The molecule has 1 aromatic rings. The number of benzene rings is 1. The van der Waals surface area contributed by atoms with Crippen molar-refractivity contribution in [3.05, 3.63) is 29.3 Å². The van der Waals surface area contributed by atoms with Crippen LogP contribution in [-0.2, 0) is 0 Å². The summed E-state index contributed by atoms with van der Waals surface area (Å²) >= 11 is 0. The number of amides is 1. The molecule has 0 radical (unpaired) electrons. The number of para-hydroxylation sites is 1. The van der Waals surface area contributed by atoms with Gasteiger partial charge >= 0.3 is 6.09 Å². The van der Waals surface area contributed by atoms with E-state index >= 15 is 0 Å². The van der Waals surface area contributed by atoms with E-state index in [4.69, 9.17) is 9.84 Å². The van der Waals surface area contributed by atoms with Crippen molar-refractivity contribution in [3.8, 4) is 5.75 Å². The van der Waals surface area contributed by atoms with Crippen molar-refractivity contribution in [1.82, 2.24) is 5.32 Å². The van der Waals surface area contributed by atoms with E-state index in [1.165, 1.54) is 0 Å². The first-order valence-electron chi connectivity index (χ1n) is 4.77. The molecule has 0 saturated carbocycles. The van der Waals surface area contributed by atoms with Crippen molar-refractivity contribution in [2.45, 2.75) is 13.8 Å². The van der Waals surface area contributed by atoms with Gasteiger partial charge in [0.25, 0.3) is 0 Å². The summed E-state index contributed by atoms with van der Waals surface area (Å²) in [6.45, 7) is 4.57. The Morgan fingerprint density at radius 1 is 1.40 bits per heavy atom. The van der Waals surface area contributed by atoms with Crippen LogP contribution in [0.15, 0.2) is 18.2 Å². The number of ether oxygens (including phenoxy) is 1. The molecule has 0 atom stereocenters. The zero-order valence-electron chi connectivity index (χ0n) is 8.91. The van der Waals surface area contributed by atoms with Crippen LogP contribution in [-0.4, -0.2) is 24.4 Å². The fraction of sp³-hybridized carbons (Fsp3) is 0.364. The Balaban J connectivity index is 2.47. The highest BCUT2D eigenvalue weighted by Crippen LogP contribution is 2.21. The second kappa shape index (κ2) is 5.24. The molecule has 2 N–H and O–H groups in total. The van der Waals surface area contributed by atoms with E-state index in [2.05, 4.69) is 5.32 Å². The van der Waals surface area contributed by atoms with Gasteiger partial charge in [-0.25, -0.2) is 4.79 Å². The van der Waals surface area contributed by atoms with E-state index in [0.29, 0.717) is 13.2 Å². The molecule has 1 aromatic carbocycles. The zero-order valence-corrected chi connectivity index (χ0v) is 8.91.